The van der Waals surface area contributed by atoms with Crippen LogP contribution in [-0.2, 0) is 16.1 Å². The number of hydrogen-bond acceptors (Lipinski definition) is 3. The molecule has 6 nitrogen and oxygen atoms in total. The predicted molar refractivity (Wildman–Crippen MR) is 72.2 cm³/mol. The summed E-state index contributed by atoms with van der Waals surface area (Å²) < 4.78 is 17.9. The number of urea groups is 1. The number of carbonyl (C=O) groups is 2. The largest absolute Gasteiger partial charge is 0.480 e. The number of carboxylic acids is 1. The fourth-order valence-electron chi connectivity index (χ4n) is 2.16. The lowest BCUT2D eigenvalue weighted by Gasteiger charge is -2.33. The molecular formula is C14H17FN2O4. The molecule has 1 saturated heterocycles. The summed E-state index contributed by atoms with van der Waals surface area (Å²) in [6, 6.07) is 5.13. The fraction of sp³-hybridized carbons (Fsp3) is 0.429. The van der Waals surface area contributed by atoms with E-state index in [-0.39, 0.29) is 25.2 Å². The first-order valence-electron chi connectivity index (χ1n) is 6.63. The molecule has 1 heterocycles. The van der Waals surface area contributed by atoms with E-state index in [0.717, 1.165) is 5.56 Å². The average Bonchev–Trinajstić information content (AvgIpc) is 2.47. The molecule has 0 bridgehead atoms. The van der Waals surface area contributed by atoms with Crippen LogP contribution in [0, 0.1) is 5.82 Å². The van der Waals surface area contributed by atoms with Gasteiger partial charge in [0.05, 0.1) is 0 Å². The number of hydrogen-bond donors (Lipinski definition) is 3. The van der Waals surface area contributed by atoms with Gasteiger partial charge in [-0.15, -0.1) is 0 Å². The molecule has 7 heteroatoms. The van der Waals surface area contributed by atoms with Gasteiger partial charge in [-0.1, -0.05) is 12.1 Å². The lowest BCUT2D eigenvalue weighted by Crippen LogP contribution is -2.59. The summed E-state index contributed by atoms with van der Waals surface area (Å²) in [5.74, 6) is -1.42. The molecule has 0 aromatic heterocycles. The van der Waals surface area contributed by atoms with Crippen LogP contribution in [0.25, 0.3) is 0 Å². The van der Waals surface area contributed by atoms with Crippen molar-refractivity contribution in [2.75, 3.05) is 13.2 Å². The number of halogens is 1. The predicted octanol–water partition coefficient (Wildman–Crippen LogP) is 1.26. The van der Waals surface area contributed by atoms with Crippen LogP contribution in [0.15, 0.2) is 24.3 Å². The standard InChI is InChI=1S/C14H17FN2O4/c15-11-3-1-10(2-4-11)9-16-13(20)17-14(12(18)19)5-7-21-8-6-14/h1-4H,5-9H2,(H,18,19)(H2,16,17,20). The van der Waals surface area contributed by atoms with Gasteiger partial charge in [-0.3, -0.25) is 0 Å². The van der Waals surface area contributed by atoms with Crippen molar-refractivity contribution in [3.8, 4) is 0 Å². The van der Waals surface area contributed by atoms with E-state index < -0.39 is 17.5 Å². The Labute approximate surface area is 121 Å². The van der Waals surface area contributed by atoms with Gasteiger partial charge in [-0.2, -0.15) is 0 Å². The van der Waals surface area contributed by atoms with Crippen LogP contribution in [0.1, 0.15) is 18.4 Å². The van der Waals surface area contributed by atoms with E-state index in [1.54, 1.807) is 12.1 Å². The highest BCUT2D eigenvalue weighted by molar-refractivity contribution is 5.86. The summed E-state index contributed by atoms with van der Waals surface area (Å²) in [5.41, 5.74) is -0.562. The van der Waals surface area contributed by atoms with Crippen LogP contribution in [0.2, 0.25) is 0 Å². The molecule has 21 heavy (non-hydrogen) atoms. The third-order valence-electron chi connectivity index (χ3n) is 3.47. The molecule has 2 rings (SSSR count). The van der Waals surface area contributed by atoms with Crippen molar-refractivity contribution in [1.82, 2.24) is 10.6 Å². The smallest absolute Gasteiger partial charge is 0.329 e. The number of amides is 2. The Morgan fingerprint density at radius 3 is 2.43 bits per heavy atom. The van der Waals surface area contributed by atoms with Crippen molar-refractivity contribution in [2.45, 2.75) is 24.9 Å². The van der Waals surface area contributed by atoms with Crippen LogP contribution in [-0.4, -0.2) is 35.9 Å². The van der Waals surface area contributed by atoms with Gasteiger partial charge in [0.1, 0.15) is 11.4 Å². The molecular weight excluding hydrogens is 279 g/mol. The van der Waals surface area contributed by atoms with Crippen molar-refractivity contribution in [1.29, 1.82) is 0 Å². The lowest BCUT2D eigenvalue weighted by atomic mass is 9.90. The number of rotatable bonds is 4. The Kier molecular flexibility index (Phi) is 4.74. The first-order valence-corrected chi connectivity index (χ1v) is 6.63. The Hall–Kier alpha value is -2.15. The van der Waals surface area contributed by atoms with E-state index in [9.17, 15) is 19.1 Å². The lowest BCUT2D eigenvalue weighted by molar-refractivity contribution is -0.148. The zero-order chi connectivity index (χ0) is 15.3. The highest BCUT2D eigenvalue weighted by atomic mass is 19.1. The van der Waals surface area contributed by atoms with Gasteiger partial charge in [0.2, 0.25) is 0 Å². The summed E-state index contributed by atoms with van der Waals surface area (Å²) in [6.45, 7) is 0.785. The molecule has 2 amide bonds. The van der Waals surface area contributed by atoms with E-state index in [2.05, 4.69) is 10.6 Å². The van der Waals surface area contributed by atoms with Crippen LogP contribution >= 0.6 is 0 Å². The SMILES string of the molecule is O=C(NCc1ccc(F)cc1)NC1(C(=O)O)CCOCC1. The first kappa shape index (κ1) is 15.2. The summed E-state index contributed by atoms with van der Waals surface area (Å²) in [5, 5.41) is 14.4. The van der Waals surface area contributed by atoms with Gasteiger partial charge in [0.15, 0.2) is 0 Å². The first-order chi connectivity index (χ1) is 10.0. The monoisotopic (exact) mass is 296 g/mol. The molecule has 0 radical (unpaired) electrons. The normalized spacial score (nSPS) is 17.0. The van der Waals surface area contributed by atoms with Crippen molar-refractivity contribution in [3.63, 3.8) is 0 Å². The maximum absolute atomic E-state index is 12.8. The molecule has 1 aliphatic heterocycles. The minimum atomic E-state index is -1.29. The zero-order valence-corrected chi connectivity index (χ0v) is 11.4. The van der Waals surface area contributed by atoms with Crippen molar-refractivity contribution in [3.05, 3.63) is 35.6 Å². The molecule has 114 valence electrons. The number of carbonyl (C=O) groups excluding carboxylic acids is 1. The van der Waals surface area contributed by atoms with Gasteiger partial charge in [-0.05, 0) is 17.7 Å². The van der Waals surface area contributed by atoms with Crippen LogP contribution in [0.5, 0.6) is 0 Å². The molecule has 0 spiro atoms. The Bertz CT molecular complexity index is 512. The quantitative estimate of drug-likeness (QED) is 0.780. The maximum Gasteiger partial charge on any atom is 0.329 e. The number of carboxylic acid groups (broad SMARTS) is 1. The van der Waals surface area contributed by atoms with Crippen LogP contribution in [0.3, 0.4) is 0 Å². The highest BCUT2D eigenvalue weighted by Crippen LogP contribution is 2.20. The van der Waals surface area contributed by atoms with Crippen molar-refractivity contribution < 1.29 is 23.8 Å². The third kappa shape index (κ3) is 3.91. The van der Waals surface area contributed by atoms with Gasteiger partial charge < -0.3 is 20.5 Å². The van der Waals surface area contributed by atoms with Gasteiger partial charge in [-0.25, -0.2) is 14.0 Å². The van der Waals surface area contributed by atoms with Crippen LogP contribution in [0.4, 0.5) is 9.18 Å². The number of nitrogens with one attached hydrogen (secondary N) is 2. The second-order valence-corrected chi connectivity index (χ2v) is 4.93. The molecule has 1 fully saturated rings. The second kappa shape index (κ2) is 6.53. The highest BCUT2D eigenvalue weighted by Gasteiger charge is 2.41. The third-order valence-corrected chi connectivity index (χ3v) is 3.47. The molecule has 0 atom stereocenters. The van der Waals surface area contributed by atoms with E-state index in [0.29, 0.717) is 13.2 Å². The van der Waals surface area contributed by atoms with Crippen molar-refractivity contribution >= 4 is 12.0 Å². The summed E-state index contributed by atoms with van der Waals surface area (Å²) in [4.78, 5) is 23.2. The number of aliphatic carboxylic acids is 1. The minimum absolute atomic E-state index is 0.193. The summed E-state index contributed by atoms with van der Waals surface area (Å²) in [7, 11) is 0. The minimum Gasteiger partial charge on any atom is -0.480 e. The van der Waals surface area contributed by atoms with E-state index in [4.69, 9.17) is 4.74 Å². The van der Waals surface area contributed by atoms with Crippen molar-refractivity contribution in [2.24, 2.45) is 0 Å². The number of benzene rings is 1. The number of ether oxygens (including phenoxy) is 1. The van der Waals surface area contributed by atoms with Gasteiger partial charge in [0.25, 0.3) is 0 Å². The molecule has 1 aliphatic rings. The molecule has 3 N–H and O–H groups in total. The van der Waals surface area contributed by atoms with E-state index in [1.807, 2.05) is 0 Å². The molecule has 1 aromatic rings. The maximum atomic E-state index is 12.8. The molecule has 0 unspecified atom stereocenters. The topological polar surface area (TPSA) is 87.7 Å². The Morgan fingerprint density at radius 1 is 1.24 bits per heavy atom. The molecule has 0 saturated carbocycles. The fourth-order valence-corrected chi connectivity index (χ4v) is 2.16. The zero-order valence-electron chi connectivity index (χ0n) is 11.4. The molecule has 1 aromatic carbocycles. The molecule has 0 aliphatic carbocycles. The summed E-state index contributed by atoms with van der Waals surface area (Å²) in [6.07, 6.45) is 0.457. The Morgan fingerprint density at radius 2 is 1.86 bits per heavy atom. The Balaban J connectivity index is 1.90. The van der Waals surface area contributed by atoms with Crippen LogP contribution < -0.4 is 10.6 Å². The average molecular weight is 296 g/mol. The van der Waals surface area contributed by atoms with E-state index >= 15 is 0 Å². The second-order valence-electron chi connectivity index (χ2n) is 4.93. The summed E-state index contributed by atoms with van der Waals surface area (Å²) >= 11 is 0. The van der Waals surface area contributed by atoms with Gasteiger partial charge in [0, 0.05) is 32.6 Å². The van der Waals surface area contributed by atoms with E-state index in [1.165, 1.54) is 12.1 Å². The van der Waals surface area contributed by atoms with Gasteiger partial charge >= 0.3 is 12.0 Å².